The van der Waals surface area contributed by atoms with Gasteiger partial charge >= 0.3 is 6.18 Å². The maximum atomic E-state index is 13.3. The van der Waals surface area contributed by atoms with Gasteiger partial charge in [-0.15, -0.1) is 5.10 Å². The molecule has 1 amide bonds. The van der Waals surface area contributed by atoms with Crippen LogP contribution in [0.2, 0.25) is 0 Å². The molecule has 2 aromatic heterocycles. The second-order valence-electron chi connectivity index (χ2n) is 7.70. The van der Waals surface area contributed by atoms with E-state index in [1.807, 2.05) is 6.26 Å². The minimum atomic E-state index is -4.75. The lowest BCUT2D eigenvalue weighted by Crippen LogP contribution is -2.47. The molecule has 8 nitrogen and oxygen atoms in total. The number of alkyl halides is 3. The van der Waals surface area contributed by atoms with Crippen LogP contribution in [0.4, 0.5) is 17.6 Å². The number of fused-ring (bicyclic) bond motifs is 1. The fraction of sp³-hybridized carbons (Fsp3) is 0.364. The predicted octanol–water partition coefficient (Wildman–Crippen LogP) is 3.63. The van der Waals surface area contributed by atoms with Crippen molar-refractivity contribution in [2.24, 2.45) is 0 Å². The van der Waals surface area contributed by atoms with Crippen LogP contribution in [0.5, 0.6) is 5.88 Å². The molecule has 0 bridgehead atoms. The maximum Gasteiger partial charge on any atom is 0.417 e. The Bertz CT molecular complexity index is 1260. The third-order valence-corrected chi connectivity index (χ3v) is 5.70. The molecule has 0 N–H and O–H groups in total. The molecule has 13 heteroatoms. The Morgan fingerprint density at radius 1 is 1.31 bits per heavy atom. The average Bonchev–Trinajstić information content (AvgIpc) is 3.24. The number of benzene rings is 1. The van der Waals surface area contributed by atoms with Crippen LogP contribution in [0.1, 0.15) is 16.8 Å². The SMILES string of the molecule is CSc1nc2nc(C)cc(OCC3CN(C(=O)/C=C/c4ccc(F)cc4C(F)(F)F)CCO3)n2n1. The zero-order chi connectivity index (χ0) is 25.2. The van der Waals surface area contributed by atoms with E-state index in [1.165, 1.54) is 21.2 Å². The number of ether oxygens (including phenoxy) is 2. The number of carbonyl (C=O) groups is 1. The zero-order valence-electron chi connectivity index (χ0n) is 18.8. The Balaban J connectivity index is 1.42. The number of aryl methyl sites for hydroxylation is 1. The first-order chi connectivity index (χ1) is 16.6. The van der Waals surface area contributed by atoms with Crippen LogP contribution in [0.3, 0.4) is 0 Å². The van der Waals surface area contributed by atoms with Crippen molar-refractivity contribution < 1.29 is 31.8 Å². The highest BCUT2D eigenvalue weighted by Gasteiger charge is 2.33. The van der Waals surface area contributed by atoms with Crippen molar-refractivity contribution in [3.05, 3.63) is 53.0 Å². The van der Waals surface area contributed by atoms with Gasteiger partial charge in [0.15, 0.2) is 0 Å². The van der Waals surface area contributed by atoms with Gasteiger partial charge in [0.05, 0.1) is 18.7 Å². The highest BCUT2D eigenvalue weighted by Crippen LogP contribution is 2.33. The first-order valence-electron chi connectivity index (χ1n) is 10.5. The minimum absolute atomic E-state index is 0.108. The summed E-state index contributed by atoms with van der Waals surface area (Å²) in [6.45, 7) is 2.60. The summed E-state index contributed by atoms with van der Waals surface area (Å²) in [4.78, 5) is 22.7. The van der Waals surface area contributed by atoms with Crippen molar-refractivity contribution in [3.8, 4) is 5.88 Å². The number of hydrogen-bond acceptors (Lipinski definition) is 7. The van der Waals surface area contributed by atoms with E-state index in [0.29, 0.717) is 28.6 Å². The quantitative estimate of drug-likeness (QED) is 0.284. The number of rotatable bonds is 6. The Labute approximate surface area is 201 Å². The fourth-order valence-corrected chi connectivity index (χ4v) is 3.85. The van der Waals surface area contributed by atoms with Gasteiger partial charge in [-0.2, -0.15) is 22.7 Å². The molecule has 1 aliphatic rings. The number of thioether (sulfide) groups is 1. The third-order valence-electron chi connectivity index (χ3n) is 5.16. The Hall–Kier alpha value is -3.19. The number of morpholine rings is 1. The fourth-order valence-electron chi connectivity index (χ4n) is 3.51. The third kappa shape index (κ3) is 5.90. The lowest BCUT2D eigenvalue weighted by atomic mass is 10.1. The topological polar surface area (TPSA) is 81.9 Å². The molecule has 1 saturated heterocycles. The van der Waals surface area contributed by atoms with E-state index in [-0.39, 0.29) is 31.9 Å². The molecule has 0 radical (unpaired) electrons. The molecule has 1 aliphatic heterocycles. The van der Waals surface area contributed by atoms with E-state index in [0.717, 1.165) is 24.3 Å². The van der Waals surface area contributed by atoms with E-state index in [2.05, 4.69) is 15.1 Å². The van der Waals surface area contributed by atoms with Crippen LogP contribution < -0.4 is 4.74 Å². The van der Waals surface area contributed by atoms with E-state index >= 15 is 0 Å². The first-order valence-corrected chi connectivity index (χ1v) is 11.7. The smallest absolute Gasteiger partial charge is 0.417 e. The predicted molar refractivity (Wildman–Crippen MR) is 120 cm³/mol. The second kappa shape index (κ2) is 10.2. The van der Waals surface area contributed by atoms with Gasteiger partial charge in [-0.1, -0.05) is 17.8 Å². The normalized spacial score (nSPS) is 16.9. The van der Waals surface area contributed by atoms with Gasteiger partial charge in [0.1, 0.15) is 18.5 Å². The zero-order valence-corrected chi connectivity index (χ0v) is 19.6. The van der Waals surface area contributed by atoms with Gasteiger partial charge in [0.2, 0.25) is 16.9 Å². The Morgan fingerprint density at radius 3 is 2.86 bits per heavy atom. The van der Waals surface area contributed by atoms with Gasteiger partial charge in [0.25, 0.3) is 5.78 Å². The molecular formula is C22H21F4N5O3S. The average molecular weight is 512 g/mol. The summed E-state index contributed by atoms with van der Waals surface area (Å²) in [5.41, 5.74) is -0.750. The molecule has 0 spiro atoms. The van der Waals surface area contributed by atoms with Crippen molar-refractivity contribution in [2.75, 3.05) is 32.6 Å². The minimum Gasteiger partial charge on any atom is -0.475 e. The molecule has 0 aliphatic carbocycles. The summed E-state index contributed by atoms with van der Waals surface area (Å²) in [6.07, 6.45) is -1.29. The lowest BCUT2D eigenvalue weighted by Gasteiger charge is -2.32. The van der Waals surface area contributed by atoms with Crippen LogP contribution in [-0.2, 0) is 15.7 Å². The molecule has 1 aromatic carbocycles. The Morgan fingerprint density at radius 2 is 2.11 bits per heavy atom. The van der Waals surface area contributed by atoms with Crippen molar-refractivity contribution in [1.29, 1.82) is 0 Å². The summed E-state index contributed by atoms with van der Waals surface area (Å²) < 4.78 is 65.9. The van der Waals surface area contributed by atoms with Crippen molar-refractivity contribution in [1.82, 2.24) is 24.5 Å². The van der Waals surface area contributed by atoms with Crippen molar-refractivity contribution in [3.63, 3.8) is 0 Å². The van der Waals surface area contributed by atoms with E-state index in [4.69, 9.17) is 9.47 Å². The number of nitrogens with zero attached hydrogens (tertiary/aromatic N) is 5. The van der Waals surface area contributed by atoms with E-state index in [9.17, 15) is 22.4 Å². The summed E-state index contributed by atoms with van der Waals surface area (Å²) >= 11 is 1.37. The van der Waals surface area contributed by atoms with Gasteiger partial charge in [0, 0.05) is 24.4 Å². The number of hydrogen-bond donors (Lipinski definition) is 0. The number of carbonyl (C=O) groups excluding carboxylic acids is 1. The lowest BCUT2D eigenvalue weighted by molar-refractivity contribution is -0.138. The largest absolute Gasteiger partial charge is 0.475 e. The summed E-state index contributed by atoms with van der Waals surface area (Å²) in [6, 6.07) is 4.01. The highest BCUT2D eigenvalue weighted by molar-refractivity contribution is 7.98. The molecule has 0 saturated carbocycles. The molecule has 1 fully saturated rings. The summed E-state index contributed by atoms with van der Waals surface area (Å²) in [5.74, 6) is -0.675. The molecule has 4 rings (SSSR count). The van der Waals surface area contributed by atoms with E-state index in [1.54, 1.807) is 13.0 Å². The molecule has 3 aromatic rings. The standard InChI is InChI=1S/C22H21F4N5O3S/c1-13-9-19(31-20(27-13)28-21(29-31)35-2)34-12-16-11-30(7-8-33-16)18(32)6-4-14-3-5-15(23)10-17(14)22(24,25)26/h3-6,9-10,16H,7-8,11-12H2,1-2H3/b6-4+. The number of aromatic nitrogens is 4. The molecule has 186 valence electrons. The Kier molecular flexibility index (Phi) is 7.26. The summed E-state index contributed by atoms with van der Waals surface area (Å²) in [7, 11) is 0. The van der Waals surface area contributed by atoms with Crippen LogP contribution in [0.15, 0.2) is 35.5 Å². The van der Waals surface area contributed by atoms with Crippen molar-refractivity contribution >= 4 is 29.5 Å². The van der Waals surface area contributed by atoms with Crippen LogP contribution in [-0.4, -0.2) is 69.1 Å². The molecule has 3 heterocycles. The van der Waals surface area contributed by atoms with Gasteiger partial charge < -0.3 is 14.4 Å². The molecule has 35 heavy (non-hydrogen) atoms. The van der Waals surface area contributed by atoms with Crippen LogP contribution >= 0.6 is 11.8 Å². The van der Waals surface area contributed by atoms with Crippen molar-refractivity contribution in [2.45, 2.75) is 24.4 Å². The molecular weight excluding hydrogens is 490 g/mol. The second-order valence-corrected chi connectivity index (χ2v) is 8.47. The molecule has 1 atom stereocenters. The van der Waals surface area contributed by atoms with Crippen LogP contribution in [0.25, 0.3) is 11.9 Å². The van der Waals surface area contributed by atoms with Gasteiger partial charge in [-0.25, -0.2) is 9.37 Å². The number of amides is 1. The van der Waals surface area contributed by atoms with Gasteiger partial charge in [-0.3, -0.25) is 4.79 Å². The van der Waals surface area contributed by atoms with Crippen LogP contribution in [0, 0.1) is 12.7 Å². The summed E-state index contributed by atoms with van der Waals surface area (Å²) in [5, 5.41) is 4.87. The monoisotopic (exact) mass is 511 g/mol. The first kappa shape index (κ1) is 24.9. The highest BCUT2D eigenvalue weighted by atomic mass is 32.2. The van der Waals surface area contributed by atoms with Gasteiger partial charge in [-0.05, 0) is 37.0 Å². The van der Waals surface area contributed by atoms with E-state index < -0.39 is 29.6 Å². The maximum absolute atomic E-state index is 13.3. The molecule has 1 unspecified atom stereocenters. The number of halogens is 4.